The number of benzene rings is 2. The molecule has 0 aromatic heterocycles. The summed E-state index contributed by atoms with van der Waals surface area (Å²) in [7, 11) is -3.69. The number of sulfonamides is 1. The maximum atomic E-state index is 14.0. The molecule has 0 radical (unpaired) electrons. The summed E-state index contributed by atoms with van der Waals surface area (Å²) in [5.41, 5.74) is 0.730. The summed E-state index contributed by atoms with van der Waals surface area (Å²) in [4.78, 5) is 14.7. The second-order valence-corrected chi connectivity index (χ2v) is 8.77. The Bertz CT molecular complexity index is 940. The summed E-state index contributed by atoms with van der Waals surface area (Å²) in [5.74, 6) is -0.643. The fourth-order valence-corrected chi connectivity index (χ4v) is 4.20. The maximum absolute atomic E-state index is 14.0. The molecule has 0 atom stereocenters. The molecule has 1 amide bonds. The number of hydrogen-bond acceptors (Lipinski definition) is 3. The first-order chi connectivity index (χ1) is 12.8. The van der Waals surface area contributed by atoms with Gasteiger partial charge in [0.25, 0.3) is 5.91 Å². The van der Waals surface area contributed by atoms with E-state index in [1.54, 1.807) is 49.1 Å². The van der Waals surface area contributed by atoms with Gasteiger partial charge in [0.15, 0.2) is 0 Å². The molecule has 2 aromatic carbocycles. The van der Waals surface area contributed by atoms with Gasteiger partial charge in [0.2, 0.25) is 10.0 Å². The fraction of sp³-hybridized carbons (Fsp3) is 0.350. The van der Waals surface area contributed by atoms with Crippen molar-refractivity contribution in [1.29, 1.82) is 0 Å². The normalized spacial score (nSPS) is 14.4. The van der Waals surface area contributed by atoms with Crippen molar-refractivity contribution in [1.82, 2.24) is 9.62 Å². The van der Waals surface area contributed by atoms with Gasteiger partial charge in [0, 0.05) is 29.8 Å². The number of hydrogen-bond donors (Lipinski definition) is 1. The zero-order chi connectivity index (χ0) is 19.6. The molecule has 1 N–H and O–H groups in total. The first-order valence-corrected chi connectivity index (χ1v) is 10.4. The van der Waals surface area contributed by atoms with E-state index in [1.807, 2.05) is 0 Å². The highest BCUT2D eigenvalue weighted by atomic mass is 32.2. The Kier molecular flexibility index (Phi) is 5.62. The molecule has 0 spiro atoms. The van der Waals surface area contributed by atoms with Gasteiger partial charge in [-0.3, -0.25) is 4.79 Å². The lowest BCUT2D eigenvalue weighted by Crippen LogP contribution is -2.33. The van der Waals surface area contributed by atoms with Crippen LogP contribution in [0.1, 0.15) is 42.6 Å². The van der Waals surface area contributed by atoms with Gasteiger partial charge in [0.05, 0.1) is 4.90 Å². The van der Waals surface area contributed by atoms with Gasteiger partial charge >= 0.3 is 0 Å². The second kappa shape index (κ2) is 7.78. The molecule has 7 heteroatoms. The van der Waals surface area contributed by atoms with Crippen LogP contribution in [0.25, 0.3) is 0 Å². The zero-order valence-electron chi connectivity index (χ0n) is 15.4. The van der Waals surface area contributed by atoms with E-state index in [0.29, 0.717) is 5.56 Å². The molecule has 1 saturated carbocycles. The van der Waals surface area contributed by atoms with E-state index in [-0.39, 0.29) is 40.8 Å². The molecule has 1 aliphatic carbocycles. The number of carbonyl (C=O) groups excluding carboxylic acids is 1. The lowest BCUT2D eigenvalue weighted by atomic mass is 10.1. The quantitative estimate of drug-likeness (QED) is 0.789. The highest BCUT2D eigenvalue weighted by molar-refractivity contribution is 7.89. The van der Waals surface area contributed by atoms with Crippen molar-refractivity contribution in [3.05, 3.63) is 65.5 Å². The molecule has 27 heavy (non-hydrogen) atoms. The smallest absolute Gasteiger partial charge is 0.254 e. The Labute approximate surface area is 159 Å². The largest absolute Gasteiger partial charge is 0.331 e. The van der Waals surface area contributed by atoms with Gasteiger partial charge in [-0.15, -0.1) is 0 Å². The maximum Gasteiger partial charge on any atom is 0.254 e. The molecule has 0 bridgehead atoms. The molecule has 0 saturated heterocycles. The van der Waals surface area contributed by atoms with Crippen LogP contribution in [0.5, 0.6) is 0 Å². The molecule has 3 rings (SSSR count). The number of nitrogens with one attached hydrogen (secondary N) is 1. The topological polar surface area (TPSA) is 66.5 Å². The Balaban J connectivity index is 1.87. The Hall–Kier alpha value is -2.25. The fourth-order valence-electron chi connectivity index (χ4n) is 2.90. The van der Waals surface area contributed by atoms with E-state index in [9.17, 15) is 17.6 Å². The van der Waals surface area contributed by atoms with Crippen LogP contribution in [0.2, 0.25) is 0 Å². The zero-order valence-corrected chi connectivity index (χ0v) is 16.2. The van der Waals surface area contributed by atoms with E-state index in [4.69, 9.17) is 0 Å². The van der Waals surface area contributed by atoms with Crippen LogP contribution in [-0.4, -0.2) is 31.3 Å². The molecule has 5 nitrogen and oxygen atoms in total. The molecule has 1 fully saturated rings. The third kappa shape index (κ3) is 4.73. The third-order valence-electron chi connectivity index (χ3n) is 4.33. The standard InChI is InChI=1S/C20H23FN2O3S/c1-14(2)22-27(25,26)18-8-5-7-15(12-18)20(24)23(17-10-11-17)13-16-6-3-4-9-19(16)21/h3-9,12,14,17,22H,10-11,13H2,1-2H3. The minimum atomic E-state index is -3.69. The molecule has 144 valence electrons. The Morgan fingerprint density at radius 3 is 2.52 bits per heavy atom. The second-order valence-electron chi connectivity index (χ2n) is 7.06. The summed E-state index contributed by atoms with van der Waals surface area (Å²) in [5, 5.41) is 0. The lowest BCUT2D eigenvalue weighted by molar-refractivity contribution is 0.0728. The number of rotatable bonds is 7. The van der Waals surface area contributed by atoms with E-state index in [1.165, 1.54) is 18.2 Å². The lowest BCUT2D eigenvalue weighted by Gasteiger charge is -2.23. The highest BCUT2D eigenvalue weighted by Crippen LogP contribution is 2.30. The molecule has 0 aliphatic heterocycles. The van der Waals surface area contributed by atoms with Crippen LogP contribution in [0.4, 0.5) is 4.39 Å². The van der Waals surface area contributed by atoms with E-state index < -0.39 is 10.0 Å². The average molecular weight is 390 g/mol. The van der Waals surface area contributed by atoms with Gasteiger partial charge in [-0.1, -0.05) is 24.3 Å². The van der Waals surface area contributed by atoms with Crippen LogP contribution in [-0.2, 0) is 16.6 Å². The van der Waals surface area contributed by atoms with Crippen LogP contribution in [0, 0.1) is 5.82 Å². The van der Waals surface area contributed by atoms with Gasteiger partial charge in [-0.25, -0.2) is 17.5 Å². The molecular formula is C20H23FN2O3S. The first kappa shape index (κ1) is 19.5. The van der Waals surface area contributed by atoms with Crippen molar-refractivity contribution in [3.8, 4) is 0 Å². The minimum Gasteiger partial charge on any atom is -0.331 e. The van der Waals surface area contributed by atoms with Crippen LogP contribution >= 0.6 is 0 Å². The van der Waals surface area contributed by atoms with Crippen molar-refractivity contribution in [2.24, 2.45) is 0 Å². The van der Waals surface area contributed by atoms with Gasteiger partial charge in [-0.2, -0.15) is 0 Å². The van der Waals surface area contributed by atoms with Gasteiger partial charge < -0.3 is 4.90 Å². The number of amides is 1. The first-order valence-electron chi connectivity index (χ1n) is 8.94. The summed E-state index contributed by atoms with van der Waals surface area (Å²) in [6, 6.07) is 12.2. The third-order valence-corrected chi connectivity index (χ3v) is 5.99. The Morgan fingerprint density at radius 2 is 1.89 bits per heavy atom. The van der Waals surface area contributed by atoms with E-state index in [2.05, 4.69) is 4.72 Å². The SMILES string of the molecule is CC(C)NS(=O)(=O)c1cccc(C(=O)N(Cc2ccccc2F)C2CC2)c1. The van der Waals surface area contributed by atoms with E-state index in [0.717, 1.165) is 12.8 Å². The van der Waals surface area contributed by atoms with Crippen LogP contribution < -0.4 is 4.72 Å². The molecular weight excluding hydrogens is 367 g/mol. The van der Waals surface area contributed by atoms with Crippen LogP contribution in [0.15, 0.2) is 53.4 Å². The van der Waals surface area contributed by atoms with E-state index >= 15 is 0 Å². The van der Waals surface area contributed by atoms with Gasteiger partial charge in [0.1, 0.15) is 5.82 Å². The van der Waals surface area contributed by atoms with Crippen molar-refractivity contribution in [3.63, 3.8) is 0 Å². The molecule has 1 aliphatic rings. The number of nitrogens with zero attached hydrogens (tertiary/aromatic N) is 1. The van der Waals surface area contributed by atoms with Gasteiger partial charge in [-0.05, 0) is 51.0 Å². The molecule has 2 aromatic rings. The summed E-state index contributed by atoms with van der Waals surface area (Å²) >= 11 is 0. The van der Waals surface area contributed by atoms with Crippen LogP contribution in [0.3, 0.4) is 0 Å². The number of carbonyl (C=O) groups is 1. The average Bonchev–Trinajstić information content (AvgIpc) is 3.44. The molecule has 0 heterocycles. The van der Waals surface area contributed by atoms with Crippen molar-refractivity contribution in [2.75, 3.05) is 0 Å². The summed E-state index contributed by atoms with van der Waals surface area (Å²) < 4.78 is 41.3. The monoisotopic (exact) mass is 390 g/mol. The number of halogens is 1. The van der Waals surface area contributed by atoms with Crippen molar-refractivity contribution in [2.45, 2.75) is 50.2 Å². The van der Waals surface area contributed by atoms with Crippen molar-refractivity contribution >= 4 is 15.9 Å². The summed E-state index contributed by atoms with van der Waals surface area (Å²) in [6.07, 6.45) is 1.74. The summed E-state index contributed by atoms with van der Waals surface area (Å²) in [6.45, 7) is 3.63. The molecule has 0 unspecified atom stereocenters. The Morgan fingerprint density at radius 1 is 1.19 bits per heavy atom. The predicted octanol–water partition coefficient (Wildman–Crippen LogP) is 3.32. The minimum absolute atomic E-state index is 0.0451. The predicted molar refractivity (Wildman–Crippen MR) is 101 cm³/mol. The van der Waals surface area contributed by atoms with Crippen molar-refractivity contribution < 1.29 is 17.6 Å². The highest BCUT2D eigenvalue weighted by Gasteiger charge is 2.34.